The number of aromatic nitrogens is 1. The molecule has 27 heavy (non-hydrogen) atoms. The number of H-pyrrole nitrogens is 1. The molecule has 6 nitrogen and oxygen atoms in total. The molecule has 0 radical (unpaired) electrons. The van der Waals surface area contributed by atoms with E-state index < -0.39 is 0 Å². The van der Waals surface area contributed by atoms with Gasteiger partial charge >= 0.3 is 0 Å². The van der Waals surface area contributed by atoms with E-state index in [1.165, 1.54) is 14.2 Å². The summed E-state index contributed by atoms with van der Waals surface area (Å²) >= 11 is 6.29. The normalized spacial score (nSPS) is 11.7. The SMILES string of the molecule is COc1cc(N[C@@H](C)c2cc3ccc(OC)c(Cl)c3[nH]c2=O)ccc1C#N. The van der Waals surface area contributed by atoms with Crippen molar-refractivity contribution in [3.63, 3.8) is 0 Å². The Bertz CT molecular complexity index is 1100. The van der Waals surface area contributed by atoms with Gasteiger partial charge in [0.25, 0.3) is 5.56 Å². The van der Waals surface area contributed by atoms with Crippen molar-refractivity contribution in [2.75, 3.05) is 19.5 Å². The number of rotatable bonds is 5. The number of aromatic amines is 1. The summed E-state index contributed by atoms with van der Waals surface area (Å²) in [7, 11) is 3.03. The summed E-state index contributed by atoms with van der Waals surface area (Å²) in [6.45, 7) is 1.88. The third kappa shape index (κ3) is 3.55. The highest BCUT2D eigenvalue weighted by Gasteiger charge is 2.15. The Morgan fingerprint density at radius 1 is 1.15 bits per heavy atom. The van der Waals surface area contributed by atoms with Gasteiger partial charge in [-0.3, -0.25) is 4.79 Å². The molecule has 0 spiro atoms. The number of hydrogen-bond acceptors (Lipinski definition) is 5. The average Bonchev–Trinajstić information content (AvgIpc) is 2.68. The molecule has 3 rings (SSSR count). The van der Waals surface area contributed by atoms with Crippen LogP contribution in [0.5, 0.6) is 11.5 Å². The fourth-order valence-corrected chi connectivity index (χ4v) is 3.21. The Labute approximate surface area is 161 Å². The van der Waals surface area contributed by atoms with Gasteiger partial charge < -0.3 is 19.8 Å². The topological polar surface area (TPSA) is 87.1 Å². The molecular weight excluding hydrogens is 366 g/mol. The van der Waals surface area contributed by atoms with Gasteiger partial charge in [0, 0.05) is 22.7 Å². The van der Waals surface area contributed by atoms with Crippen LogP contribution in [-0.2, 0) is 0 Å². The Morgan fingerprint density at radius 3 is 2.56 bits per heavy atom. The van der Waals surface area contributed by atoms with Crippen molar-refractivity contribution in [1.82, 2.24) is 4.98 Å². The summed E-state index contributed by atoms with van der Waals surface area (Å²) in [6, 6.07) is 12.4. The maximum Gasteiger partial charge on any atom is 0.253 e. The second kappa shape index (κ2) is 7.60. The van der Waals surface area contributed by atoms with E-state index in [1.807, 2.05) is 13.0 Å². The van der Waals surface area contributed by atoms with Crippen LogP contribution in [0.3, 0.4) is 0 Å². The highest BCUT2D eigenvalue weighted by Crippen LogP contribution is 2.32. The van der Waals surface area contributed by atoms with Crippen LogP contribution >= 0.6 is 11.6 Å². The largest absolute Gasteiger partial charge is 0.495 e. The minimum Gasteiger partial charge on any atom is -0.495 e. The first kappa shape index (κ1) is 18.6. The molecule has 7 heteroatoms. The maximum atomic E-state index is 12.6. The first-order valence-corrected chi connectivity index (χ1v) is 8.60. The van der Waals surface area contributed by atoms with Gasteiger partial charge in [-0.1, -0.05) is 11.6 Å². The molecule has 0 saturated heterocycles. The number of methoxy groups -OCH3 is 2. The molecule has 3 aromatic rings. The number of hydrogen-bond donors (Lipinski definition) is 2. The zero-order chi connectivity index (χ0) is 19.6. The van der Waals surface area contributed by atoms with Crippen LogP contribution in [0.4, 0.5) is 5.69 Å². The number of nitriles is 1. The van der Waals surface area contributed by atoms with Gasteiger partial charge in [-0.25, -0.2) is 0 Å². The molecule has 1 atom stereocenters. The first-order valence-electron chi connectivity index (χ1n) is 8.22. The van der Waals surface area contributed by atoms with Gasteiger partial charge in [0.15, 0.2) is 0 Å². The highest BCUT2D eigenvalue weighted by molar-refractivity contribution is 6.36. The van der Waals surface area contributed by atoms with Crippen molar-refractivity contribution in [2.45, 2.75) is 13.0 Å². The van der Waals surface area contributed by atoms with Crippen LogP contribution in [0.25, 0.3) is 10.9 Å². The van der Waals surface area contributed by atoms with Gasteiger partial charge in [-0.15, -0.1) is 0 Å². The van der Waals surface area contributed by atoms with E-state index in [4.69, 9.17) is 26.3 Å². The van der Waals surface area contributed by atoms with Crippen molar-refractivity contribution >= 4 is 28.2 Å². The third-order valence-electron chi connectivity index (χ3n) is 4.34. The van der Waals surface area contributed by atoms with Crippen molar-refractivity contribution in [1.29, 1.82) is 5.26 Å². The van der Waals surface area contributed by atoms with E-state index in [-0.39, 0.29) is 11.6 Å². The number of ether oxygens (including phenoxy) is 2. The Hall–Kier alpha value is -3.17. The average molecular weight is 384 g/mol. The molecular formula is C20H18ClN3O3. The molecule has 0 aliphatic heterocycles. The molecule has 0 saturated carbocycles. The number of nitrogens with zero attached hydrogens (tertiary/aromatic N) is 1. The first-order chi connectivity index (χ1) is 13.0. The summed E-state index contributed by atoms with van der Waals surface area (Å²) in [6.07, 6.45) is 0. The van der Waals surface area contributed by atoms with E-state index in [0.717, 1.165) is 11.1 Å². The minimum atomic E-state index is -0.281. The van der Waals surface area contributed by atoms with E-state index in [9.17, 15) is 4.79 Å². The second-order valence-electron chi connectivity index (χ2n) is 5.99. The zero-order valence-electron chi connectivity index (χ0n) is 15.1. The number of fused-ring (bicyclic) bond motifs is 1. The van der Waals surface area contributed by atoms with Crippen molar-refractivity contribution < 1.29 is 9.47 Å². The second-order valence-corrected chi connectivity index (χ2v) is 6.37. The zero-order valence-corrected chi connectivity index (χ0v) is 15.8. The molecule has 0 bridgehead atoms. The van der Waals surface area contributed by atoms with Crippen LogP contribution in [0.15, 0.2) is 41.2 Å². The predicted octanol–water partition coefficient (Wildman–Crippen LogP) is 4.24. The Balaban J connectivity index is 1.96. The lowest BCUT2D eigenvalue weighted by molar-refractivity contribution is 0.413. The van der Waals surface area contributed by atoms with E-state index in [2.05, 4.69) is 16.4 Å². The molecule has 138 valence electrons. The summed E-state index contributed by atoms with van der Waals surface area (Å²) in [4.78, 5) is 15.4. The molecule has 0 unspecified atom stereocenters. The molecule has 0 aliphatic rings. The fourth-order valence-electron chi connectivity index (χ4n) is 2.92. The van der Waals surface area contributed by atoms with Crippen molar-refractivity contribution in [3.8, 4) is 17.6 Å². The van der Waals surface area contributed by atoms with Gasteiger partial charge in [-0.05, 0) is 37.3 Å². The molecule has 1 aromatic heterocycles. The third-order valence-corrected chi connectivity index (χ3v) is 4.72. The van der Waals surface area contributed by atoms with Gasteiger partial charge in [0.05, 0.1) is 31.3 Å². The molecule has 2 N–H and O–H groups in total. The molecule has 0 fully saturated rings. The van der Waals surface area contributed by atoms with Gasteiger partial charge in [-0.2, -0.15) is 5.26 Å². The van der Waals surface area contributed by atoms with E-state index >= 15 is 0 Å². The van der Waals surface area contributed by atoms with Crippen molar-refractivity contribution in [2.24, 2.45) is 0 Å². The quantitative estimate of drug-likeness (QED) is 0.688. The van der Waals surface area contributed by atoms with Crippen LogP contribution in [0.2, 0.25) is 5.02 Å². The lowest BCUT2D eigenvalue weighted by Crippen LogP contribution is -2.19. The number of halogens is 1. The monoisotopic (exact) mass is 383 g/mol. The molecule has 0 amide bonds. The van der Waals surface area contributed by atoms with Gasteiger partial charge in [0.1, 0.15) is 22.6 Å². The Kier molecular flexibility index (Phi) is 5.24. The summed E-state index contributed by atoms with van der Waals surface area (Å²) in [5, 5.41) is 13.5. The van der Waals surface area contributed by atoms with Gasteiger partial charge in [0.2, 0.25) is 0 Å². The maximum absolute atomic E-state index is 12.6. The van der Waals surface area contributed by atoms with E-state index in [1.54, 1.807) is 30.3 Å². The number of pyridine rings is 1. The molecule has 1 heterocycles. The van der Waals surface area contributed by atoms with Crippen molar-refractivity contribution in [3.05, 3.63) is 62.9 Å². The Morgan fingerprint density at radius 2 is 1.89 bits per heavy atom. The predicted molar refractivity (Wildman–Crippen MR) is 106 cm³/mol. The minimum absolute atomic E-state index is 0.238. The molecule has 0 aliphatic carbocycles. The lowest BCUT2D eigenvalue weighted by atomic mass is 10.1. The summed E-state index contributed by atoms with van der Waals surface area (Å²) < 4.78 is 10.4. The smallest absolute Gasteiger partial charge is 0.253 e. The van der Waals surface area contributed by atoms with Crippen LogP contribution in [0, 0.1) is 11.3 Å². The highest BCUT2D eigenvalue weighted by atomic mass is 35.5. The lowest BCUT2D eigenvalue weighted by Gasteiger charge is -2.17. The number of benzene rings is 2. The van der Waals surface area contributed by atoms with E-state index in [0.29, 0.717) is 33.2 Å². The summed E-state index contributed by atoms with van der Waals surface area (Å²) in [5.74, 6) is 0.976. The van der Waals surface area contributed by atoms with Crippen LogP contribution in [-0.4, -0.2) is 19.2 Å². The molecule has 2 aromatic carbocycles. The summed E-state index contributed by atoms with van der Waals surface area (Å²) in [5.41, 5.74) is 2.05. The van der Waals surface area contributed by atoms with Crippen LogP contribution in [0.1, 0.15) is 24.1 Å². The standard InChI is InChI=1S/C20H18ClN3O3/c1-11(23-14-6-4-13(10-22)17(9-14)27-3)15-8-12-5-7-16(26-2)18(21)19(12)24-20(15)25/h4-9,11,23H,1-3H3,(H,24,25)/t11-/m0/s1. The number of nitrogens with one attached hydrogen (secondary N) is 2. The van der Waals surface area contributed by atoms with Crippen LogP contribution < -0.4 is 20.3 Å². The fraction of sp³-hybridized carbons (Fsp3) is 0.200. The number of anilines is 1.